The van der Waals surface area contributed by atoms with Crippen LogP contribution in [0.2, 0.25) is 0 Å². The highest BCUT2D eigenvalue weighted by Gasteiger charge is 2.26. The van der Waals surface area contributed by atoms with Crippen molar-refractivity contribution in [3.63, 3.8) is 0 Å². The lowest BCUT2D eigenvalue weighted by Gasteiger charge is -2.24. The molecule has 0 aliphatic heterocycles. The van der Waals surface area contributed by atoms with E-state index in [4.69, 9.17) is 0 Å². The fourth-order valence-corrected chi connectivity index (χ4v) is 1.90. The molecule has 0 radical (unpaired) electrons. The Morgan fingerprint density at radius 2 is 2.00 bits per heavy atom. The summed E-state index contributed by atoms with van der Waals surface area (Å²) < 4.78 is 0.724. The molecule has 5 heteroatoms. The quantitative estimate of drug-likeness (QED) is 0.692. The normalized spacial score (nSPS) is 12.7. The number of hydrogen-bond donors (Lipinski definition) is 1. The second kappa shape index (κ2) is 5.91. The zero-order chi connectivity index (χ0) is 15.5. The second-order valence-electron chi connectivity index (χ2n) is 5.94. The van der Waals surface area contributed by atoms with Crippen LogP contribution in [-0.4, -0.2) is 10.9 Å². The molecule has 2 aromatic heterocycles. The van der Waals surface area contributed by atoms with Crippen molar-refractivity contribution in [3.8, 4) is 0 Å². The summed E-state index contributed by atoms with van der Waals surface area (Å²) in [7, 11) is 0. The average molecular weight is 285 g/mol. The van der Waals surface area contributed by atoms with E-state index < -0.39 is 11.5 Å². The van der Waals surface area contributed by atoms with E-state index in [2.05, 4.69) is 10.3 Å². The van der Waals surface area contributed by atoms with Crippen molar-refractivity contribution < 1.29 is 9.52 Å². The minimum Gasteiger partial charge on any atom is -0.619 e. The zero-order valence-electron chi connectivity index (χ0n) is 12.4. The van der Waals surface area contributed by atoms with Crippen LogP contribution in [0.5, 0.6) is 0 Å². The van der Waals surface area contributed by atoms with Gasteiger partial charge in [-0.05, 0) is 17.7 Å². The van der Waals surface area contributed by atoms with Crippen molar-refractivity contribution in [1.82, 2.24) is 10.3 Å². The molecule has 21 heavy (non-hydrogen) atoms. The fourth-order valence-electron chi connectivity index (χ4n) is 1.90. The van der Waals surface area contributed by atoms with Crippen LogP contribution >= 0.6 is 0 Å². The van der Waals surface area contributed by atoms with E-state index in [1.807, 2.05) is 32.9 Å². The molecule has 0 aliphatic carbocycles. The molecule has 0 spiro atoms. The number of rotatable bonds is 3. The number of nitrogens with one attached hydrogen (secondary N) is 1. The molecule has 2 aromatic rings. The number of carbonyl (C=O) groups excluding carboxylic acids is 1. The first kappa shape index (κ1) is 15.0. The van der Waals surface area contributed by atoms with Crippen LogP contribution in [0.4, 0.5) is 0 Å². The Labute approximate surface area is 124 Å². The Morgan fingerprint density at radius 3 is 2.57 bits per heavy atom. The largest absolute Gasteiger partial charge is 0.619 e. The molecule has 0 saturated heterocycles. The first-order valence-electron chi connectivity index (χ1n) is 6.77. The Balaban J connectivity index is 2.38. The summed E-state index contributed by atoms with van der Waals surface area (Å²) in [5.74, 6) is -0.0855. The predicted octanol–water partition coefficient (Wildman–Crippen LogP) is 1.97. The Hall–Kier alpha value is -2.43. The number of aromatic nitrogens is 2. The molecule has 1 atom stereocenters. The van der Waals surface area contributed by atoms with Gasteiger partial charge in [0.2, 0.25) is 5.91 Å². The molecule has 0 unspecified atom stereocenters. The van der Waals surface area contributed by atoms with Crippen LogP contribution < -0.4 is 10.0 Å². The SMILES string of the molecule is CC(C)(C)C(=O)N[C@@H](c1cccnc1)c1ccc[n+]([O-])c1. The second-order valence-corrected chi connectivity index (χ2v) is 5.94. The highest BCUT2D eigenvalue weighted by Crippen LogP contribution is 2.23. The molecule has 0 saturated carbocycles. The molecular formula is C16H19N3O2. The molecule has 1 amide bonds. The van der Waals surface area contributed by atoms with Crippen LogP contribution in [0.1, 0.15) is 37.9 Å². The van der Waals surface area contributed by atoms with E-state index in [0.717, 1.165) is 15.9 Å². The maximum atomic E-state index is 12.3. The Morgan fingerprint density at radius 1 is 1.29 bits per heavy atom. The van der Waals surface area contributed by atoms with Gasteiger partial charge in [-0.1, -0.05) is 26.8 Å². The van der Waals surface area contributed by atoms with Crippen LogP contribution in [0.3, 0.4) is 0 Å². The number of carbonyl (C=O) groups is 1. The third-order valence-corrected chi connectivity index (χ3v) is 3.11. The number of hydrogen-bond acceptors (Lipinski definition) is 3. The minimum absolute atomic E-state index is 0.0855. The minimum atomic E-state index is -0.511. The molecule has 0 aliphatic rings. The van der Waals surface area contributed by atoms with Gasteiger partial charge in [-0.25, -0.2) is 0 Å². The van der Waals surface area contributed by atoms with E-state index in [-0.39, 0.29) is 5.91 Å². The number of nitrogens with zero attached hydrogens (tertiary/aromatic N) is 2. The van der Waals surface area contributed by atoms with E-state index in [9.17, 15) is 10.0 Å². The van der Waals surface area contributed by atoms with Gasteiger partial charge in [-0.3, -0.25) is 9.78 Å². The molecule has 0 fully saturated rings. The monoisotopic (exact) mass is 285 g/mol. The topological polar surface area (TPSA) is 68.9 Å². The molecule has 2 rings (SSSR count). The van der Waals surface area contributed by atoms with Gasteiger partial charge in [0, 0.05) is 29.4 Å². The smallest absolute Gasteiger partial charge is 0.226 e. The van der Waals surface area contributed by atoms with Crippen LogP contribution in [0.25, 0.3) is 0 Å². The highest BCUT2D eigenvalue weighted by atomic mass is 16.5. The summed E-state index contributed by atoms with van der Waals surface area (Å²) in [4.78, 5) is 16.4. The van der Waals surface area contributed by atoms with E-state index >= 15 is 0 Å². The molecule has 5 nitrogen and oxygen atoms in total. The third kappa shape index (κ3) is 3.78. The number of amides is 1. The van der Waals surface area contributed by atoms with Gasteiger partial charge in [0.25, 0.3) is 0 Å². The summed E-state index contributed by atoms with van der Waals surface area (Å²) in [6.07, 6.45) is 6.23. The van der Waals surface area contributed by atoms with Gasteiger partial charge in [0.05, 0.1) is 6.04 Å². The van der Waals surface area contributed by atoms with Gasteiger partial charge in [-0.15, -0.1) is 0 Å². The molecule has 110 valence electrons. The van der Waals surface area contributed by atoms with Crippen LogP contribution in [0.15, 0.2) is 49.1 Å². The van der Waals surface area contributed by atoms with E-state index in [1.165, 1.54) is 12.4 Å². The summed E-state index contributed by atoms with van der Waals surface area (Å²) in [5, 5.41) is 14.5. The van der Waals surface area contributed by atoms with E-state index in [0.29, 0.717) is 0 Å². The third-order valence-electron chi connectivity index (χ3n) is 3.11. The Kier molecular flexibility index (Phi) is 4.21. The zero-order valence-corrected chi connectivity index (χ0v) is 12.4. The Bertz CT molecular complexity index is 621. The maximum Gasteiger partial charge on any atom is 0.226 e. The van der Waals surface area contributed by atoms with Crippen LogP contribution in [0, 0.1) is 10.6 Å². The molecule has 2 heterocycles. The van der Waals surface area contributed by atoms with Crippen molar-refractivity contribution in [2.75, 3.05) is 0 Å². The highest BCUT2D eigenvalue weighted by molar-refractivity contribution is 5.82. The first-order chi connectivity index (χ1) is 9.88. The summed E-state index contributed by atoms with van der Waals surface area (Å²) in [5.41, 5.74) is 1.04. The summed E-state index contributed by atoms with van der Waals surface area (Å²) >= 11 is 0. The maximum absolute atomic E-state index is 12.3. The predicted molar refractivity (Wildman–Crippen MR) is 79.1 cm³/mol. The standard InChI is InChI=1S/C16H19N3O2/c1-16(2,3)15(20)18-14(12-6-4-8-17-10-12)13-7-5-9-19(21)11-13/h4-11,14H,1-3H3,(H,18,20)/t14-/m0/s1. The van der Waals surface area contributed by atoms with Crippen molar-refractivity contribution >= 4 is 5.91 Å². The lowest BCUT2D eigenvalue weighted by molar-refractivity contribution is -0.605. The van der Waals surface area contributed by atoms with Gasteiger partial charge < -0.3 is 10.5 Å². The van der Waals surface area contributed by atoms with Gasteiger partial charge in [-0.2, -0.15) is 4.73 Å². The fraction of sp³-hybridized carbons (Fsp3) is 0.312. The van der Waals surface area contributed by atoms with Crippen molar-refractivity contribution in [3.05, 3.63) is 65.4 Å². The first-order valence-corrected chi connectivity index (χ1v) is 6.77. The molecular weight excluding hydrogens is 266 g/mol. The molecule has 0 aromatic carbocycles. The molecule has 1 N–H and O–H groups in total. The van der Waals surface area contributed by atoms with Gasteiger partial charge >= 0.3 is 0 Å². The van der Waals surface area contributed by atoms with Gasteiger partial charge in [0.15, 0.2) is 12.4 Å². The van der Waals surface area contributed by atoms with Crippen molar-refractivity contribution in [2.24, 2.45) is 5.41 Å². The number of pyridine rings is 2. The summed E-state index contributed by atoms with van der Waals surface area (Å²) in [6, 6.07) is 6.76. The van der Waals surface area contributed by atoms with Crippen LogP contribution in [-0.2, 0) is 4.79 Å². The lowest BCUT2D eigenvalue weighted by Crippen LogP contribution is -2.38. The van der Waals surface area contributed by atoms with Crippen molar-refractivity contribution in [1.29, 1.82) is 0 Å². The lowest BCUT2D eigenvalue weighted by atomic mass is 9.93. The molecule has 0 bridgehead atoms. The van der Waals surface area contributed by atoms with E-state index in [1.54, 1.807) is 24.5 Å². The average Bonchev–Trinajstić information content (AvgIpc) is 2.44. The summed E-state index contributed by atoms with van der Waals surface area (Å²) in [6.45, 7) is 5.55. The van der Waals surface area contributed by atoms with Gasteiger partial charge in [0.1, 0.15) is 0 Å². The van der Waals surface area contributed by atoms with Crippen molar-refractivity contribution in [2.45, 2.75) is 26.8 Å².